The van der Waals surface area contributed by atoms with Gasteiger partial charge in [0.25, 0.3) is 0 Å². The van der Waals surface area contributed by atoms with Crippen LogP contribution in [0.1, 0.15) is 6.42 Å². The number of likely N-dealkylation sites (tertiary alicyclic amines) is 1. The van der Waals surface area contributed by atoms with E-state index in [1.807, 2.05) is 0 Å². The van der Waals surface area contributed by atoms with Gasteiger partial charge in [0.05, 0.1) is 23.8 Å². The van der Waals surface area contributed by atoms with Crippen molar-refractivity contribution in [2.75, 3.05) is 19.7 Å². The minimum absolute atomic E-state index is 0.0188. The van der Waals surface area contributed by atoms with Gasteiger partial charge in [-0.15, -0.1) is 0 Å². The lowest BCUT2D eigenvalue weighted by molar-refractivity contribution is -0.00475. The van der Waals surface area contributed by atoms with E-state index < -0.39 is 6.09 Å². The maximum absolute atomic E-state index is 10.7. The van der Waals surface area contributed by atoms with Gasteiger partial charge in [0.1, 0.15) is 5.54 Å². The number of hydrogen-bond donors (Lipinski definition) is 2. The molecule has 0 unspecified atom stereocenters. The topological polar surface area (TPSA) is 78.6 Å². The second-order valence-electron chi connectivity index (χ2n) is 3.94. The third-order valence-corrected chi connectivity index (χ3v) is 3.26. The predicted molar refractivity (Wildman–Crippen MR) is 59.2 cm³/mol. The van der Waals surface area contributed by atoms with Gasteiger partial charge in [-0.3, -0.25) is 4.68 Å². The first-order chi connectivity index (χ1) is 7.57. The molecule has 1 amide bonds. The molecule has 88 valence electrons. The number of aromatic nitrogens is 2. The van der Waals surface area contributed by atoms with Crippen molar-refractivity contribution in [3.63, 3.8) is 0 Å². The first-order valence-electron chi connectivity index (χ1n) is 4.87. The van der Waals surface area contributed by atoms with Crippen LogP contribution in [-0.4, -0.2) is 50.7 Å². The molecule has 0 spiro atoms. The van der Waals surface area contributed by atoms with E-state index in [0.29, 0.717) is 19.5 Å². The van der Waals surface area contributed by atoms with Gasteiger partial charge in [-0.05, 0) is 22.4 Å². The highest BCUT2D eigenvalue weighted by Crippen LogP contribution is 2.32. The second kappa shape index (κ2) is 4.06. The Morgan fingerprint density at radius 1 is 1.62 bits per heavy atom. The summed E-state index contributed by atoms with van der Waals surface area (Å²) in [6, 6.07) is 0. The summed E-state index contributed by atoms with van der Waals surface area (Å²) >= 11 is 3.30. The Hall–Kier alpha value is -1.08. The van der Waals surface area contributed by atoms with Gasteiger partial charge in [0.2, 0.25) is 0 Å². The Balaban J connectivity index is 2.16. The summed E-state index contributed by atoms with van der Waals surface area (Å²) in [7, 11) is 0. The lowest BCUT2D eigenvalue weighted by Gasteiger charge is -2.48. The van der Waals surface area contributed by atoms with Gasteiger partial charge >= 0.3 is 6.09 Å². The number of halogens is 1. The molecule has 7 heteroatoms. The zero-order chi connectivity index (χ0) is 11.8. The van der Waals surface area contributed by atoms with Crippen LogP contribution in [0.15, 0.2) is 16.9 Å². The molecule has 2 rings (SSSR count). The molecule has 1 aliphatic rings. The van der Waals surface area contributed by atoms with Crippen LogP contribution in [0.4, 0.5) is 4.79 Å². The summed E-state index contributed by atoms with van der Waals surface area (Å²) in [5, 5.41) is 22.0. The highest BCUT2D eigenvalue weighted by molar-refractivity contribution is 9.10. The fourth-order valence-electron chi connectivity index (χ4n) is 1.99. The molecule has 2 heterocycles. The van der Waals surface area contributed by atoms with Crippen LogP contribution >= 0.6 is 15.9 Å². The molecule has 1 aromatic heterocycles. The molecule has 0 saturated carbocycles. The maximum atomic E-state index is 10.7. The van der Waals surface area contributed by atoms with Crippen LogP contribution in [0.3, 0.4) is 0 Å². The van der Waals surface area contributed by atoms with Gasteiger partial charge < -0.3 is 15.1 Å². The number of amides is 1. The standard InChI is InChI=1S/C9H12BrN3O3/c10-7-3-11-13(4-7)9(1-2-14)5-12(6-9)8(15)16/h3-4,14H,1-2,5-6H2,(H,15,16). The van der Waals surface area contributed by atoms with E-state index in [1.165, 1.54) is 4.90 Å². The van der Waals surface area contributed by atoms with Crippen molar-refractivity contribution >= 4 is 22.0 Å². The number of carbonyl (C=O) groups is 1. The zero-order valence-electron chi connectivity index (χ0n) is 8.51. The number of aliphatic hydroxyl groups excluding tert-OH is 1. The number of aliphatic hydroxyl groups is 1. The Morgan fingerprint density at radius 2 is 2.31 bits per heavy atom. The second-order valence-corrected chi connectivity index (χ2v) is 4.86. The van der Waals surface area contributed by atoms with Crippen LogP contribution in [0.25, 0.3) is 0 Å². The molecular formula is C9H12BrN3O3. The number of rotatable bonds is 3. The zero-order valence-corrected chi connectivity index (χ0v) is 10.1. The Bertz CT molecular complexity index is 400. The molecule has 0 atom stereocenters. The largest absolute Gasteiger partial charge is 0.465 e. The van der Waals surface area contributed by atoms with Crippen LogP contribution in [0, 0.1) is 0 Å². The average Bonchev–Trinajstić information content (AvgIpc) is 2.57. The predicted octanol–water partition coefficient (Wildman–Crippen LogP) is 0.717. The van der Waals surface area contributed by atoms with Crippen molar-refractivity contribution in [2.45, 2.75) is 12.0 Å². The van der Waals surface area contributed by atoms with Crippen LogP contribution < -0.4 is 0 Å². The van der Waals surface area contributed by atoms with Gasteiger partial charge in [-0.1, -0.05) is 0 Å². The molecule has 1 fully saturated rings. The van der Waals surface area contributed by atoms with Gasteiger partial charge in [0.15, 0.2) is 0 Å². The van der Waals surface area contributed by atoms with Crippen LogP contribution in [-0.2, 0) is 5.54 Å². The van der Waals surface area contributed by atoms with Gasteiger partial charge in [-0.25, -0.2) is 4.79 Å². The SMILES string of the molecule is O=C(O)N1CC(CCO)(n2cc(Br)cn2)C1. The minimum atomic E-state index is -0.931. The summed E-state index contributed by atoms with van der Waals surface area (Å²) in [6.07, 6.45) is 3.03. The van der Waals surface area contributed by atoms with E-state index in [9.17, 15) is 4.79 Å². The molecule has 1 saturated heterocycles. The molecule has 0 bridgehead atoms. The normalized spacial score (nSPS) is 18.2. The Kier molecular flexibility index (Phi) is 2.90. The van der Waals surface area contributed by atoms with E-state index in [4.69, 9.17) is 10.2 Å². The van der Waals surface area contributed by atoms with Crippen molar-refractivity contribution in [1.29, 1.82) is 0 Å². The van der Waals surface area contributed by atoms with Gasteiger partial charge in [-0.2, -0.15) is 5.10 Å². The molecule has 0 aromatic carbocycles. The molecule has 6 nitrogen and oxygen atoms in total. The van der Waals surface area contributed by atoms with Crippen molar-refractivity contribution < 1.29 is 15.0 Å². The quantitative estimate of drug-likeness (QED) is 0.859. The van der Waals surface area contributed by atoms with Crippen LogP contribution in [0.2, 0.25) is 0 Å². The monoisotopic (exact) mass is 289 g/mol. The maximum Gasteiger partial charge on any atom is 0.407 e. The van der Waals surface area contributed by atoms with E-state index >= 15 is 0 Å². The summed E-state index contributed by atoms with van der Waals surface area (Å²) < 4.78 is 2.57. The summed E-state index contributed by atoms with van der Waals surface area (Å²) in [5.74, 6) is 0. The molecule has 16 heavy (non-hydrogen) atoms. The van der Waals surface area contributed by atoms with E-state index in [2.05, 4.69) is 21.0 Å². The van der Waals surface area contributed by atoms with Gasteiger partial charge in [0, 0.05) is 12.8 Å². The van der Waals surface area contributed by atoms with Crippen molar-refractivity contribution in [3.05, 3.63) is 16.9 Å². The van der Waals surface area contributed by atoms with E-state index in [1.54, 1.807) is 17.1 Å². The fourth-order valence-corrected chi connectivity index (χ4v) is 2.27. The van der Waals surface area contributed by atoms with E-state index in [0.717, 1.165) is 4.47 Å². The minimum Gasteiger partial charge on any atom is -0.465 e. The fraction of sp³-hybridized carbons (Fsp3) is 0.556. The average molecular weight is 290 g/mol. The first kappa shape index (κ1) is 11.4. The first-order valence-corrected chi connectivity index (χ1v) is 5.66. The molecular weight excluding hydrogens is 278 g/mol. The Morgan fingerprint density at radius 3 is 2.75 bits per heavy atom. The van der Waals surface area contributed by atoms with Crippen molar-refractivity contribution in [3.8, 4) is 0 Å². The van der Waals surface area contributed by atoms with Crippen molar-refractivity contribution in [2.24, 2.45) is 0 Å². The molecule has 1 aliphatic heterocycles. The summed E-state index contributed by atoms with van der Waals surface area (Å²) in [4.78, 5) is 12.0. The van der Waals surface area contributed by atoms with E-state index in [-0.39, 0.29) is 12.1 Å². The van der Waals surface area contributed by atoms with Crippen molar-refractivity contribution in [1.82, 2.24) is 14.7 Å². The number of nitrogens with zero attached hydrogens (tertiary/aromatic N) is 3. The lowest BCUT2D eigenvalue weighted by atomic mass is 9.87. The molecule has 0 aliphatic carbocycles. The number of carboxylic acid groups (broad SMARTS) is 1. The van der Waals surface area contributed by atoms with Crippen LogP contribution in [0.5, 0.6) is 0 Å². The highest BCUT2D eigenvalue weighted by atomic mass is 79.9. The molecule has 0 radical (unpaired) electrons. The molecule has 1 aromatic rings. The lowest BCUT2D eigenvalue weighted by Crippen LogP contribution is -2.64. The highest BCUT2D eigenvalue weighted by Gasteiger charge is 2.47. The molecule has 2 N–H and O–H groups in total. The Labute approximate surface area is 101 Å². The third-order valence-electron chi connectivity index (χ3n) is 2.86. The summed E-state index contributed by atoms with van der Waals surface area (Å²) in [6.45, 7) is 0.763. The summed E-state index contributed by atoms with van der Waals surface area (Å²) in [5.41, 5.74) is -0.390. The third kappa shape index (κ3) is 1.80. The number of hydrogen-bond acceptors (Lipinski definition) is 3. The smallest absolute Gasteiger partial charge is 0.407 e.